The molecule has 138 valence electrons. The number of H-pyrrole nitrogens is 1. The second-order valence-corrected chi connectivity index (χ2v) is 6.07. The van der Waals surface area contributed by atoms with Crippen molar-refractivity contribution in [3.63, 3.8) is 0 Å². The van der Waals surface area contributed by atoms with Gasteiger partial charge in [0.1, 0.15) is 12.3 Å². The molecule has 0 amide bonds. The number of halogens is 1. The number of rotatable bonds is 8. The molecule has 25 heavy (non-hydrogen) atoms. The summed E-state index contributed by atoms with van der Waals surface area (Å²) in [6.07, 6.45) is 0.946. The zero-order chi connectivity index (χ0) is 17.5. The van der Waals surface area contributed by atoms with Crippen molar-refractivity contribution < 1.29 is 26.5 Å². The monoisotopic (exact) mass is 407 g/mol. The summed E-state index contributed by atoms with van der Waals surface area (Å²) >= 11 is 0. The maximum atomic E-state index is 12.4. The van der Waals surface area contributed by atoms with Gasteiger partial charge in [-0.2, -0.15) is 0 Å². The van der Waals surface area contributed by atoms with Gasteiger partial charge in [-0.1, -0.05) is 44.2 Å². The van der Waals surface area contributed by atoms with Crippen molar-refractivity contribution in [2.45, 2.75) is 40.7 Å². The Morgan fingerprint density at radius 1 is 1.12 bits per heavy atom. The highest BCUT2D eigenvalue weighted by atomic mass is 79.9. The van der Waals surface area contributed by atoms with Crippen LogP contribution in [0.1, 0.15) is 46.7 Å². The summed E-state index contributed by atoms with van der Waals surface area (Å²) in [6, 6.07) is 9.74. The first kappa shape index (κ1) is 21.5. The van der Waals surface area contributed by atoms with Crippen LogP contribution in [0, 0.1) is 13.8 Å². The van der Waals surface area contributed by atoms with Gasteiger partial charge in [0, 0.05) is 12.2 Å². The predicted octanol–water partition coefficient (Wildman–Crippen LogP) is 0.877. The summed E-state index contributed by atoms with van der Waals surface area (Å²) in [4.78, 5) is 18.0. The minimum absolute atomic E-state index is 0. The zero-order valence-corrected chi connectivity index (χ0v) is 17.1. The van der Waals surface area contributed by atoms with Crippen LogP contribution in [-0.4, -0.2) is 35.5 Å². The number of aryl methyl sites for hydroxylation is 1. The Hall–Kier alpha value is -1.59. The van der Waals surface area contributed by atoms with Gasteiger partial charge in [-0.15, -0.1) is 0 Å². The number of hydrogen-bond acceptors (Lipinski definition) is 3. The van der Waals surface area contributed by atoms with Crippen LogP contribution in [0.5, 0.6) is 0 Å². The molecule has 1 aromatic heterocycles. The third kappa shape index (κ3) is 5.72. The van der Waals surface area contributed by atoms with Gasteiger partial charge in [-0.05, 0) is 50.0 Å². The molecular formula is C20H28BrN2O2-. The molecule has 1 N–H and O–H groups in total. The van der Waals surface area contributed by atoms with Crippen molar-refractivity contribution in [1.82, 2.24) is 9.88 Å². The smallest absolute Gasteiger partial charge is 0.355 e. The molecule has 0 bridgehead atoms. The summed E-state index contributed by atoms with van der Waals surface area (Å²) in [5.74, 6) is -0.284. The molecule has 1 aromatic carbocycles. The molecular weight excluding hydrogens is 380 g/mol. The van der Waals surface area contributed by atoms with E-state index in [1.807, 2.05) is 44.2 Å². The Balaban J connectivity index is 0.00000312. The highest BCUT2D eigenvalue weighted by Gasteiger charge is 2.18. The number of carbonyl (C=O) groups excluding carboxylic acids is 1. The number of nitrogens with one attached hydrogen (secondary N) is 1. The SMILES string of the molecule is CCN(CC)CCc1c(C)[nH]c(C(=O)OCc2ccccc2)c1C.[Br-]. The second-order valence-electron chi connectivity index (χ2n) is 6.07. The zero-order valence-electron chi connectivity index (χ0n) is 15.6. The topological polar surface area (TPSA) is 45.3 Å². The molecule has 0 aliphatic carbocycles. The van der Waals surface area contributed by atoms with Crippen molar-refractivity contribution >= 4 is 5.97 Å². The maximum Gasteiger partial charge on any atom is 0.355 e. The van der Waals surface area contributed by atoms with E-state index in [9.17, 15) is 4.79 Å². The molecule has 5 heteroatoms. The fraction of sp³-hybridized carbons (Fsp3) is 0.450. The summed E-state index contributed by atoms with van der Waals surface area (Å²) in [5.41, 5.74) is 4.88. The average Bonchev–Trinajstić information content (AvgIpc) is 2.89. The van der Waals surface area contributed by atoms with Gasteiger partial charge in [0.15, 0.2) is 0 Å². The summed E-state index contributed by atoms with van der Waals surface area (Å²) in [7, 11) is 0. The Kier molecular flexibility index (Phi) is 8.93. The van der Waals surface area contributed by atoms with Gasteiger partial charge in [0.05, 0.1) is 0 Å². The van der Waals surface area contributed by atoms with Gasteiger partial charge in [0.2, 0.25) is 0 Å². The van der Waals surface area contributed by atoms with Crippen LogP contribution in [0.25, 0.3) is 0 Å². The third-order valence-electron chi connectivity index (χ3n) is 4.58. The number of esters is 1. The molecule has 1 heterocycles. The number of carbonyl (C=O) groups is 1. The molecule has 0 atom stereocenters. The second kappa shape index (κ2) is 10.4. The fourth-order valence-electron chi connectivity index (χ4n) is 2.97. The molecule has 0 aliphatic heterocycles. The highest BCUT2D eigenvalue weighted by Crippen LogP contribution is 2.20. The van der Waals surface area contributed by atoms with Gasteiger partial charge in [0.25, 0.3) is 0 Å². The van der Waals surface area contributed by atoms with E-state index in [1.165, 1.54) is 5.56 Å². The third-order valence-corrected chi connectivity index (χ3v) is 4.58. The van der Waals surface area contributed by atoms with Crippen LogP contribution in [-0.2, 0) is 17.8 Å². The normalized spacial score (nSPS) is 10.6. The lowest BCUT2D eigenvalue weighted by atomic mass is 10.1. The van der Waals surface area contributed by atoms with Crippen LogP contribution >= 0.6 is 0 Å². The first-order chi connectivity index (χ1) is 11.6. The lowest BCUT2D eigenvalue weighted by Gasteiger charge is -2.17. The molecule has 0 aliphatic rings. The molecule has 0 spiro atoms. The van der Waals surface area contributed by atoms with Gasteiger partial charge >= 0.3 is 5.97 Å². The van der Waals surface area contributed by atoms with E-state index >= 15 is 0 Å². The molecule has 0 radical (unpaired) electrons. The Bertz CT molecular complexity index is 664. The van der Waals surface area contributed by atoms with Crippen molar-refractivity contribution in [1.29, 1.82) is 0 Å². The van der Waals surface area contributed by atoms with E-state index in [0.717, 1.165) is 42.9 Å². The first-order valence-electron chi connectivity index (χ1n) is 8.68. The lowest BCUT2D eigenvalue weighted by molar-refractivity contribution is -0.0000236. The number of aromatic amines is 1. The van der Waals surface area contributed by atoms with E-state index in [2.05, 4.69) is 23.7 Å². The minimum Gasteiger partial charge on any atom is -1.00 e. The van der Waals surface area contributed by atoms with Gasteiger partial charge < -0.3 is 31.6 Å². The molecule has 0 fully saturated rings. The van der Waals surface area contributed by atoms with Crippen molar-refractivity contribution in [2.75, 3.05) is 19.6 Å². The number of ether oxygens (including phenoxy) is 1. The van der Waals surface area contributed by atoms with Crippen molar-refractivity contribution in [3.8, 4) is 0 Å². The Morgan fingerprint density at radius 3 is 2.36 bits per heavy atom. The summed E-state index contributed by atoms with van der Waals surface area (Å²) < 4.78 is 5.45. The number of hydrogen-bond donors (Lipinski definition) is 1. The summed E-state index contributed by atoms with van der Waals surface area (Å²) in [5, 5.41) is 0. The predicted molar refractivity (Wildman–Crippen MR) is 97.3 cm³/mol. The number of benzene rings is 1. The van der Waals surface area contributed by atoms with Crippen LogP contribution in [0.15, 0.2) is 30.3 Å². The number of likely N-dealkylation sites (N-methyl/N-ethyl adjacent to an activating group) is 1. The fourth-order valence-corrected chi connectivity index (χ4v) is 2.97. The number of nitrogens with zero attached hydrogens (tertiary/aromatic N) is 1. The standard InChI is InChI=1S/C20H28N2O2.BrH/c1-5-22(6-2)13-12-18-15(3)19(21-16(18)4)20(23)24-14-17-10-8-7-9-11-17;/h7-11,21H,5-6,12-14H2,1-4H3;1H/p-1. The van der Waals surface area contributed by atoms with Gasteiger partial charge in [-0.3, -0.25) is 0 Å². The van der Waals surface area contributed by atoms with Crippen molar-refractivity contribution in [2.24, 2.45) is 0 Å². The van der Waals surface area contributed by atoms with Crippen molar-refractivity contribution in [3.05, 3.63) is 58.4 Å². The molecule has 4 nitrogen and oxygen atoms in total. The van der Waals surface area contributed by atoms with E-state index in [-0.39, 0.29) is 23.0 Å². The molecule has 0 saturated carbocycles. The Morgan fingerprint density at radius 2 is 1.76 bits per heavy atom. The first-order valence-corrected chi connectivity index (χ1v) is 8.68. The molecule has 2 aromatic rings. The molecule has 0 saturated heterocycles. The van der Waals surface area contributed by atoms with E-state index in [0.29, 0.717) is 12.3 Å². The van der Waals surface area contributed by atoms with E-state index < -0.39 is 0 Å². The van der Waals surface area contributed by atoms with Crippen LogP contribution in [0.2, 0.25) is 0 Å². The molecule has 0 unspecified atom stereocenters. The quantitative estimate of drug-likeness (QED) is 0.660. The van der Waals surface area contributed by atoms with E-state index in [1.54, 1.807) is 0 Å². The van der Waals surface area contributed by atoms with Crippen LogP contribution in [0.3, 0.4) is 0 Å². The largest absolute Gasteiger partial charge is 1.00 e. The maximum absolute atomic E-state index is 12.4. The average molecular weight is 408 g/mol. The van der Waals surface area contributed by atoms with Crippen LogP contribution < -0.4 is 17.0 Å². The Labute approximate surface area is 161 Å². The molecule has 2 rings (SSSR count). The minimum atomic E-state index is -0.284. The highest BCUT2D eigenvalue weighted by molar-refractivity contribution is 5.89. The lowest BCUT2D eigenvalue weighted by Crippen LogP contribution is -3.00. The number of aromatic nitrogens is 1. The van der Waals surface area contributed by atoms with Gasteiger partial charge in [-0.25, -0.2) is 4.79 Å². The summed E-state index contributed by atoms with van der Waals surface area (Å²) in [6.45, 7) is 11.8. The van der Waals surface area contributed by atoms with E-state index in [4.69, 9.17) is 4.74 Å². The van der Waals surface area contributed by atoms with Crippen LogP contribution in [0.4, 0.5) is 0 Å².